The summed E-state index contributed by atoms with van der Waals surface area (Å²) in [7, 11) is 0. The molecule has 0 spiro atoms. The molecule has 26 heavy (non-hydrogen) atoms. The molecule has 0 atom stereocenters. The van der Waals surface area contributed by atoms with Gasteiger partial charge in [-0.25, -0.2) is 9.37 Å². The summed E-state index contributed by atoms with van der Waals surface area (Å²) in [4.78, 5) is 36.3. The molecule has 0 saturated carbocycles. The van der Waals surface area contributed by atoms with Crippen LogP contribution in [-0.4, -0.2) is 40.4 Å². The van der Waals surface area contributed by atoms with E-state index in [0.717, 1.165) is 25.9 Å². The molecule has 1 aromatic carbocycles. The molecule has 7 heteroatoms. The molecule has 4 rings (SSSR count). The van der Waals surface area contributed by atoms with Crippen molar-refractivity contribution in [2.75, 3.05) is 24.5 Å². The van der Waals surface area contributed by atoms with E-state index in [2.05, 4.69) is 14.9 Å². The molecule has 0 radical (unpaired) electrons. The van der Waals surface area contributed by atoms with E-state index in [1.165, 1.54) is 18.6 Å². The highest BCUT2D eigenvalue weighted by molar-refractivity contribution is 5.94. The van der Waals surface area contributed by atoms with Crippen molar-refractivity contribution in [3.63, 3.8) is 0 Å². The van der Waals surface area contributed by atoms with Gasteiger partial charge in [-0.15, -0.1) is 0 Å². The minimum Gasteiger partial charge on any atom is -0.342 e. The van der Waals surface area contributed by atoms with Gasteiger partial charge in [0.15, 0.2) is 0 Å². The summed E-state index contributed by atoms with van der Waals surface area (Å²) in [6.45, 7) is 2.36. The summed E-state index contributed by atoms with van der Waals surface area (Å²) >= 11 is 0. The first-order chi connectivity index (χ1) is 12.6. The summed E-state index contributed by atoms with van der Waals surface area (Å²) in [5.41, 5.74) is 1.17. The molecule has 0 unspecified atom stereocenters. The zero-order valence-corrected chi connectivity index (χ0v) is 14.5. The van der Waals surface area contributed by atoms with Crippen LogP contribution in [0.15, 0.2) is 29.1 Å². The summed E-state index contributed by atoms with van der Waals surface area (Å²) in [6.07, 6.45) is 3.78. The Hall–Kier alpha value is -2.70. The van der Waals surface area contributed by atoms with Crippen LogP contribution < -0.4 is 10.5 Å². The maximum absolute atomic E-state index is 13.9. The van der Waals surface area contributed by atoms with Gasteiger partial charge in [-0.2, -0.15) is 0 Å². The number of H-pyrrole nitrogens is 1. The third-order valence-corrected chi connectivity index (χ3v) is 5.11. The van der Waals surface area contributed by atoms with Gasteiger partial charge in [0.05, 0.1) is 17.8 Å². The number of rotatable bonds is 2. The minimum absolute atomic E-state index is 0.0528. The van der Waals surface area contributed by atoms with Crippen molar-refractivity contribution < 1.29 is 9.18 Å². The summed E-state index contributed by atoms with van der Waals surface area (Å²) in [5.74, 6) is -0.319. The van der Waals surface area contributed by atoms with Crippen molar-refractivity contribution in [3.8, 4) is 0 Å². The Bertz CT molecular complexity index is 889. The van der Waals surface area contributed by atoms with E-state index in [-0.39, 0.29) is 23.6 Å². The molecule has 136 valence electrons. The first-order valence-corrected chi connectivity index (χ1v) is 9.04. The van der Waals surface area contributed by atoms with E-state index >= 15 is 0 Å². The lowest BCUT2D eigenvalue weighted by atomic mass is 10.0. The Balaban J connectivity index is 1.61. The van der Waals surface area contributed by atoms with Gasteiger partial charge in [0.2, 0.25) is 5.95 Å². The fourth-order valence-corrected chi connectivity index (χ4v) is 3.66. The molecule has 3 heterocycles. The third-order valence-electron chi connectivity index (χ3n) is 5.11. The summed E-state index contributed by atoms with van der Waals surface area (Å²) in [5, 5.41) is 0. The van der Waals surface area contributed by atoms with Crippen molar-refractivity contribution >= 4 is 11.9 Å². The number of piperidine rings is 1. The molecular weight excluding hydrogens is 335 g/mol. The van der Waals surface area contributed by atoms with E-state index in [9.17, 15) is 14.0 Å². The van der Waals surface area contributed by atoms with E-state index < -0.39 is 5.82 Å². The number of nitrogens with zero attached hydrogens (tertiary/aromatic N) is 3. The standard InChI is InChI=1S/C19H21FN4O2/c20-15-7-3-2-6-13(15)18(26)24-11-8-14-16(12-24)21-19(22-17(14)25)23-9-4-1-5-10-23/h2-3,6-7H,1,4-5,8-12H2,(H,21,22,25). The lowest BCUT2D eigenvalue weighted by Crippen LogP contribution is -2.40. The quantitative estimate of drug-likeness (QED) is 0.895. The monoisotopic (exact) mass is 356 g/mol. The van der Waals surface area contributed by atoms with Gasteiger partial charge in [0, 0.05) is 25.2 Å². The van der Waals surface area contributed by atoms with Gasteiger partial charge in [-0.3, -0.25) is 14.6 Å². The highest BCUT2D eigenvalue weighted by Gasteiger charge is 2.27. The molecule has 1 fully saturated rings. The molecular formula is C19H21FN4O2. The predicted molar refractivity (Wildman–Crippen MR) is 95.8 cm³/mol. The first kappa shape index (κ1) is 16.8. The Morgan fingerprint density at radius 2 is 1.88 bits per heavy atom. The second kappa shape index (κ2) is 6.90. The van der Waals surface area contributed by atoms with E-state index in [0.29, 0.717) is 30.2 Å². The number of amides is 1. The van der Waals surface area contributed by atoms with Gasteiger partial charge in [0.25, 0.3) is 11.5 Å². The van der Waals surface area contributed by atoms with Gasteiger partial charge in [-0.05, 0) is 37.8 Å². The number of halogens is 1. The lowest BCUT2D eigenvalue weighted by Gasteiger charge is -2.31. The number of carbonyl (C=O) groups excluding carboxylic acids is 1. The lowest BCUT2D eigenvalue weighted by molar-refractivity contribution is 0.0726. The van der Waals surface area contributed by atoms with Gasteiger partial charge < -0.3 is 9.80 Å². The van der Waals surface area contributed by atoms with Gasteiger partial charge >= 0.3 is 0 Å². The molecule has 1 aromatic heterocycles. The van der Waals surface area contributed by atoms with Gasteiger partial charge in [0.1, 0.15) is 5.82 Å². The number of fused-ring (bicyclic) bond motifs is 1. The molecule has 2 aromatic rings. The molecule has 2 aliphatic heterocycles. The fraction of sp³-hybridized carbons (Fsp3) is 0.421. The largest absolute Gasteiger partial charge is 0.342 e. The van der Waals surface area contributed by atoms with Crippen LogP contribution in [0.3, 0.4) is 0 Å². The number of hydrogen-bond acceptors (Lipinski definition) is 4. The Kier molecular flexibility index (Phi) is 4.44. The van der Waals surface area contributed by atoms with Crippen LogP contribution in [0.4, 0.5) is 10.3 Å². The van der Waals surface area contributed by atoms with Crippen molar-refractivity contribution in [3.05, 3.63) is 57.3 Å². The van der Waals surface area contributed by atoms with Crippen LogP contribution in [-0.2, 0) is 13.0 Å². The van der Waals surface area contributed by atoms with Gasteiger partial charge in [-0.1, -0.05) is 12.1 Å². The van der Waals surface area contributed by atoms with Crippen LogP contribution >= 0.6 is 0 Å². The van der Waals surface area contributed by atoms with Crippen molar-refractivity contribution in [1.82, 2.24) is 14.9 Å². The van der Waals surface area contributed by atoms with Crippen molar-refractivity contribution in [2.45, 2.75) is 32.2 Å². The average Bonchev–Trinajstić information content (AvgIpc) is 2.68. The topological polar surface area (TPSA) is 69.3 Å². The first-order valence-electron chi connectivity index (χ1n) is 9.04. The zero-order valence-electron chi connectivity index (χ0n) is 14.5. The predicted octanol–water partition coefficient (Wildman–Crippen LogP) is 2.10. The van der Waals surface area contributed by atoms with Crippen molar-refractivity contribution in [1.29, 1.82) is 0 Å². The molecule has 1 amide bonds. The number of aromatic nitrogens is 2. The SMILES string of the molecule is O=C(c1ccccc1F)N1CCc2c(nc(N3CCCCC3)[nH]c2=O)C1. The smallest absolute Gasteiger partial charge is 0.257 e. The van der Waals surface area contributed by atoms with Crippen LogP contribution in [0.2, 0.25) is 0 Å². The number of anilines is 1. The van der Waals surface area contributed by atoms with E-state index in [1.54, 1.807) is 17.0 Å². The average molecular weight is 356 g/mol. The highest BCUT2D eigenvalue weighted by atomic mass is 19.1. The van der Waals surface area contributed by atoms with Crippen LogP contribution in [0.5, 0.6) is 0 Å². The molecule has 1 N–H and O–H groups in total. The molecule has 0 bridgehead atoms. The summed E-state index contributed by atoms with van der Waals surface area (Å²) in [6, 6.07) is 5.97. The number of nitrogens with one attached hydrogen (secondary N) is 1. The maximum atomic E-state index is 13.9. The second-order valence-corrected chi connectivity index (χ2v) is 6.82. The zero-order chi connectivity index (χ0) is 18.1. The Morgan fingerprint density at radius 3 is 2.65 bits per heavy atom. The number of aromatic amines is 1. The highest BCUT2D eigenvalue weighted by Crippen LogP contribution is 2.21. The minimum atomic E-state index is -0.531. The molecule has 1 saturated heterocycles. The van der Waals surface area contributed by atoms with Crippen LogP contribution in [0.25, 0.3) is 0 Å². The fourth-order valence-electron chi connectivity index (χ4n) is 3.66. The molecule has 0 aliphatic carbocycles. The molecule has 6 nitrogen and oxygen atoms in total. The Morgan fingerprint density at radius 1 is 1.12 bits per heavy atom. The van der Waals surface area contributed by atoms with Crippen molar-refractivity contribution in [2.24, 2.45) is 0 Å². The molecule has 2 aliphatic rings. The van der Waals surface area contributed by atoms with Crippen LogP contribution in [0.1, 0.15) is 40.9 Å². The Labute approximate surface area is 150 Å². The second-order valence-electron chi connectivity index (χ2n) is 6.82. The maximum Gasteiger partial charge on any atom is 0.257 e. The van der Waals surface area contributed by atoms with E-state index in [4.69, 9.17) is 0 Å². The summed E-state index contributed by atoms with van der Waals surface area (Å²) < 4.78 is 13.9. The third kappa shape index (κ3) is 3.09. The normalized spacial score (nSPS) is 17.1. The van der Waals surface area contributed by atoms with Crippen LogP contribution in [0, 0.1) is 5.82 Å². The number of hydrogen-bond donors (Lipinski definition) is 1. The van der Waals surface area contributed by atoms with E-state index in [1.807, 2.05) is 0 Å². The number of benzene rings is 1. The number of carbonyl (C=O) groups is 1.